The largest absolute Gasteiger partial charge is 0.357 e. The molecule has 1 rings (SSSR count). The molecule has 0 aromatic rings. The molecule has 0 bridgehead atoms. The van der Waals surface area contributed by atoms with Crippen molar-refractivity contribution in [3.05, 3.63) is 12.3 Å². The number of amidine groups is 1. The molecular formula is C12H22N2. The fraction of sp³-hybridized carbons (Fsp3) is 0.750. The van der Waals surface area contributed by atoms with Gasteiger partial charge < -0.3 is 4.90 Å². The minimum Gasteiger partial charge on any atom is -0.357 e. The van der Waals surface area contributed by atoms with E-state index in [0.717, 1.165) is 13.0 Å². The van der Waals surface area contributed by atoms with Gasteiger partial charge in [-0.05, 0) is 33.1 Å². The van der Waals surface area contributed by atoms with Crippen LogP contribution >= 0.6 is 0 Å². The SMILES string of the molecule is C/C=C\N=C1CCC[C@@H](C)N1CCC. The Labute approximate surface area is 87.7 Å². The molecule has 2 heteroatoms. The van der Waals surface area contributed by atoms with E-state index in [-0.39, 0.29) is 0 Å². The lowest BCUT2D eigenvalue weighted by molar-refractivity contribution is 0.281. The van der Waals surface area contributed by atoms with Crippen LogP contribution in [0.2, 0.25) is 0 Å². The lowest BCUT2D eigenvalue weighted by Gasteiger charge is -2.36. The van der Waals surface area contributed by atoms with Crippen molar-refractivity contribution in [2.75, 3.05) is 6.54 Å². The summed E-state index contributed by atoms with van der Waals surface area (Å²) in [5, 5.41) is 0. The Kier molecular flexibility index (Phi) is 4.71. The van der Waals surface area contributed by atoms with Gasteiger partial charge in [0, 0.05) is 25.2 Å². The van der Waals surface area contributed by atoms with Crippen LogP contribution in [0, 0.1) is 0 Å². The summed E-state index contributed by atoms with van der Waals surface area (Å²) in [5.41, 5.74) is 0. The first-order chi connectivity index (χ1) is 6.79. The highest BCUT2D eigenvalue weighted by Gasteiger charge is 2.21. The van der Waals surface area contributed by atoms with Gasteiger partial charge in [-0.1, -0.05) is 13.0 Å². The zero-order valence-electron chi connectivity index (χ0n) is 9.66. The van der Waals surface area contributed by atoms with Crippen LogP contribution < -0.4 is 0 Å². The fourth-order valence-corrected chi connectivity index (χ4v) is 2.00. The van der Waals surface area contributed by atoms with Gasteiger partial charge >= 0.3 is 0 Å². The van der Waals surface area contributed by atoms with Crippen LogP contribution in [-0.2, 0) is 0 Å². The highest BCUT2D eigenvalue weighted by atomic mass is 15.2. The van der Waals surface area contributed by atoms with E-state index in [4.69, 9.17) is 0 Å². The predicted octanol–water partition coefficient (Wildman–Crippen LogP) is 3.20. The molecule has 1 aliphatic rings. The number of rotatable bonds is 3. The molecule has 1 atom stereocenters. The number of hydrogen-bond acceptors (Lipinski definition) is 1. The molecule has 1 aliphatic heterocycles. The number of hydrogen-bond donors (Lipinski definition) is 0. The van der Waals surface area contributed by atoms with E-state index < -0.39 is 0 Å². The van der Waals surface area contributed by atoms with Crippen LogP contribution in [0.25, 0.3) is 0 Å². The Hall–Kier alpha value is -0.790. The van der Waals surface area contributed by atoms with E-state index in [1.807, 2.05) is 19.2 Å². The van der Waals surface area contributed by atoms with Crippen molar-refractivity contribution in [3.8, 4) is 0 Å². The molecule has 0 unspecified atom stereocenters. The summed E-state index contributed by atoms with van der Waals surface area (Å²) in [6.45, 7) is 7.70. The Bertz CT molecular complexity index is 218. The smallest absolute Gasteiger partial charge is 0.104 e. The zero-order valence-corrected chi connectivity index (χ0v) is 9.66. The lowest BCUT2D eigenvalue weighted by Crippen LogP contribution is -2.42. The van der Waals surface area contributed by atoms with Crippen LogP contribution in [0.1, 0.15) is 46.5 Å². The van der Waals surface area contributed by atoms with Crippen molar-refractivity contribution >= 4 is 5.84 Å². The number of nitrogens with zero attached hydrogens (tertiary/aromatic N) is 2. The van der Waals surface area contributed by atoms with E-state index >= 15 is 0 Å². The molecule has 0 aromatic heterocycles. The fourth-order valence-electron chi connectivity index (χ4n) is 2.00. The van der Waals surface area contributed by atoms with Crippen LogP contribution in [0.4, 0.5) is 0 Å². The summed E-state index contributed by atoms with van der Waals surface area (Å²) >= 11 is 0. The van der Waals surface area contributed by atoms with E-state index in [2.05, 4.69) is 23.7 Å². The number of aliphatic imine (C=N–C) groups is 1. The topological polar surface area (TPSA) is 15.6 Å². The molecule has 0 N–H and O–H groups in total. The molecule has 1 fully saturated rings. The normalized spacial score (nSPS) is 26.4. The second kappa shape index (κ2) is 5.84. The Morgan fingerprint density at radius 1 is 1.57 bits per heavy atom. The van der Waals surface area contributed by atoms with Gasteiger partial charge in [0.15, 0.2) is 0 Å². The van der Waals surface area contributed by atoms with E-state index in [9.17, 15) is 0 Å². The highest BCUT2D eigenvalue weighted by molar-refractivity contribution is 5.83. The summed E-state index contributed by atoms with van der Waals surface area (Å²) in [4.78, 5) is 6.98. The third kappa shape index (κ3) is 2.86. The molecule has 14 heavy (non-hydrogen) atoms. The predicted molar refractivity (Wildman–Crippen MR) is 62.6 cm³/mol. The maximum absolute atomic E-state index is 4.51. The first-order valence-corrected chi connectivity index (χ1v) is 5.74. The van der Waals surface area contributed by atoms with Crippen LogP contribution in [0.15, 0.2) is 17.3 Å². The van der Waals surface area contributed by atoms with E-state index in [1.54, 1.807) is 0 Å². The number of allylic oxidation sites excluding steroid dienone is 1. The minimum atomic E-state index is 0.674. The average Bonchev–Trinajstić information content (AvgIpc) is 2.19. The Morgan fingerprint density at radius 2 is 2.36 bits per heavy atom. The van der Waals surface area contributed by atoms with Crippen molar-refractivity contribution in [2.45, 2.75) is 52.5 Å². The van der Waals surface area contributed by atoms with Crippen molar-refractivity contribution in [3.63, 3.8) is 0 Å². The second-order valence-electron chi connectivity index (χ2n) is 3.96. The summed E-state index contributed by atoms with van der Waals surface area (Å²) in [5.74, 6) is 1.28. The van der Waals surface area contributed by atoms with Gasteiger partial charge in [-0.2, -0.15) is 0 Å². The highest BCUT2D eigenvalue weighted by Crippen LogP contribution is 2.19. The van der Waals surface area contributed by atoms with Gasteiger partial charge in [0.05, 0.1) is 0 Å². The average molecular weight is 194 g/mol. The summed E-state index contributed by atoms with van der Waals surface area (Å²) < 4.78 is 0. The van der Waals surface area contributed by atoms with Crippen LogP contribution in [0.3, 0.4) is 0 Å². The molecule has 0 spiro atoms. The monoisotopic (exact) mass is 194 g/mol. The van der Waals surface area contributed by atoms with Gasteiger partial charge in [-0.3, -0.25) is 0 Å². The molecule has 0 radical (unpaired) electrons. The number of piperidine rings is 1. The second-order valence-corrected chi connectivity index (χ2v) is 3.96. The summed E-state index contributed by atoms with van der Waals surface area (Å²) in [6.07, 6.45) is 8.87. The molecular weight excluding hydrogens is 172 g/mol. The van der Waals surface area contributed by atoms with Gasteiger partial charge in [-0.25, -0.2) is 4.99 Å². The maximum Gasteiger partial charge on any atom is 0.104 e. The van der Waals surface area contributed by atoms with Crippen molar-refractivity contribution in [1.29, 1.82) is 0 Å². The first kappa shape index (κ1) is 11.3. The third-order valence-electron chi connectivity index (χ3n) is 2.72. The summed E-state index contributed by atoms with van der Waals surface area (Å²) in [7, 11) is 0. The molecule has 0 amide bonds. The van der Waals surface area contributed by atoms with Gasteiger partial charge in [-0.15, -0.1) is 0 Å². The van der Waals surface area contributed by atoms with Gasteiger partial charge in [0.2, 0.25) is 0 Å². The molecule has 80 valence electrons. The number of likely N-dealkylation sites (tertiary alicyclic amines) is 1. The Morgan fingerprint density at radius 3 is 3.00 bits per heavy atom. The summed E-state index contributed by atoms with van der Waals surface area (Å²) in [6, 6.07) is 0.674. The zero-order chi connectivity index (χ0) is 10.4. The molecule has 0 aromatic carbocycles. The maximum atomic E-state index is 4.51. The van der Waals surface area contributed by atoms with E-state index in [1.165, 1.54) is 25.1 Å². The molecule has 0 saturated carbocycles. The van der Waals surface area contributed by atoms with Crippen LogP contribution in [-0.4, -0.2) is 23.3 Å². The van der Waals surface area contributed by atoms with Crippen molar-refractivity contribution in [2.24, 2.45) is 4.99 Å². The lowest BCUT2D eigenvalue weighted by atomic mass is 10.0. The van der Waals surface area contributed by atoms with Gasteiger partial charge in [0.25, 0.3) is 0 Å². The minimum absolute atomic E-state index is 0.674. The quantitative estimate of drug-likeness (QED) is 0.673. The molecule has 1 heterocycles. The van der Waals surface area contributed by atoms with Crippen molar-refractivity contribution in [1.82, 2.24) is 4.90 Å². The molecule has 1 saturated heterocycles. The Balaban J connectivity index is 2.68. The first-order valence-electron chi connectivity index (χ1n) is 5.74. The third-order valence-corrected chi connectivity index (χ3v) is 2.72. The van der Waals surface area contributed by atoms with Gasteiger partial charge in [0.1, 0.15) is 5.84 Å². The standard InChI is InChI=1S/C12H22N2/c1-4-9-13-12-8-6-7-11(3)14(12)10-5-2/h4,9,11H,5-8,10H2,1-3H3/b9-4-,13-12?/t11-/m1/s1. The van der Waals surface area contributed by atoms with Crippen LogP contribution in [0.5, 0.6) is 0 Å². The van der Waals surface area contributed by atoms with Crippen molar-refractivity contribution < 1.29 is 0 Å². The van der Waals surface area contributed by atoms with E-state index in [0.29, 0.717) is 6.04 Å². The molecule has 0 aliphatic carbocycles. The molecule has 2 nitrogen and oxygen atoms in total.